The second kappa shape index (κ2) is 6.90. The van der Waals surface area contributed by atoms with Crippen LogP contribution in [0.25, 0.3) is 0 Å². The van der Waals surface area contributed by atoms with Crippen molar-refractivity contribution in [3.8, 4) is 0 Å². The molecule has 1 aromatic rings. The van der Waals surface area contributed by atoms with Crippen LogP contribution in [0.3, 0.4) is 0 Å². The molecule has 5 heteroatoms. The van der Waals surface area contributed by atoms with Crippen molar-refractivity contribution in [2.24, 2.45) is 5.73 Å². The summed E-state index contributed by atoms with van der Waals surface area (Å²) in [5.74, 6) is 0. The number of ether oxygens (including phenoxy) is 1. The first-order chi connectivity index (χ1) is 7.26. The summed E-state index contributed by atoms with van der Waals surface area (Å²) in [6.45, 7) is 4.97. The minimum atomic E-state index is 0.124. The highest BCUT2D eigenvalue weighted by Crippen LogP contribution is 2.05. The van der Waals surface area contributed by atoms with Gasteiger partial charge in [0.1, 0.15) is 0 Å². The molecule has 0 bridgehead atoms. The van der Waals surface area contributed by atoms with Gasteiger partial charge in [0.2, 0.25) is 0 Å². The molecule has 15 heavy (non-hydrogen) atoms. The highest BCUT2D eigenvalue weighted by Gasteiger charge is 2.10. The van der Waals surface area contributed by atoms with Crippen LogP contribution in [0.1, 0.15) is 12.6 Å². The van der Waals surface area contributed by atoms with Crippen molar-refractivity contribution in [3.63, 3.8) is 0 Å². The molecule has 1 heterocycles. The Kier molecular flexibility index (Phi) is 5.78. The summed E-state index contributed by atoms with van der Waals surface area (Å²) in [6, 6.07) is 0. The SMILES string of the molecule is CCOC(CN)CN(C)Cc1cscn1. The van der Waals surface area contributed by atoms with Crippen LogP contribution in [0.5, 0.6) is 0 Å². The summed E-state index contributed by atoms with van der Waals surface area (Å²) < 4.78 is 5.50. The van der Waals surface area contributed by atoms with Gasteiger partial charge in [0.15, 0.2) is 0 Å². The molecule has 0 aliphatic carbocycles. The summed E-state index contributed by atoms with van der Waals surface area (Å²) in [5.41, 5.74) is 8.57. The first kappa shape index (κ1) is 12.6. The third kappa shape index (κ3) is 4.70. The molecule has 1 unspecified atom stereocenters. The van der Waals surface area contributed by atoms with E-state index >= 15 is 0 Å². The minimum Gasteiger partial charge on any atom is -0.376 e. The molecule has 0 aliphatic rings. The molecule has 0 aliphatic heterocycles. The molecule has 4 nitrogen and oxygen atoms in total. The Balaban J connectivity index is 2.30. The van der Waals surface area contributed by atoms with Crippen LogP contribution in [0.15, 0.2) is 10.9 Å². The molecule has 2 N–H and O–H groups in total. The van der Waals surface area contributed by atoms with Crippen molar-refractivity contribution in [3.05, 3.63) is 16.6 Å². The van der Waals surface area contributed by atoms with Crippen molar-refractivity contribution in [2.45, 2.75) is 19.6 Å². The van der Waals surface area contributed by atoms with E-state index < -0.39 is 0 Å². The fraction of sp³-hybridized carbons (Fsp3) is 0.700. The van der Waals surface area contributed by atoms with E-state index in [4.69, 9.17) is 10.5 Å². The van der Waals surface area contributed by atoms with E-state index in [1.807, 2.05) is 12.4 Å². The molecule has 0 fully saturated rings. The number of likely N-dealkylation sites (N-methyl/N-ethyl adjacent to an activating group) is 1. The maximum atomic E-state index is 5.62. The van der Waals surface area contributed by atoms with Gasteiger partial charge in [-0.2, -0.15) is 0 Å². The molecule has 0 saturated carbocycles. The molecule has 0 saturated heterocycles. The van der Waals surface area contributed by atoms with Crippen LogP contribution in [-0.2, 0) is 11.3 Å². The normalized spacial score (nSPS) is 13.3. The fourth-order valence-corrected chi connectivity index (χ4v) is 1.98. The van der Waals surface area contributed by atoms with Gasteiger partial charge >= 0.3 is 0 Å². The van der Waals surface area contributed by atoms with E-state index in [1.54, 1.807) is 11.3 Å². The number of nitrogens with zero attached hydrogens (tertiary/aromatic N) is 2. The highest BCUT2D eigenvalue weighted by atomic mass is 32.1. The number of nitrogens with two attached hydrogens (primary N) is 1. The average molecular weight is 229 g/mol. The predicted molar refractivity (Wildman–Crippen MR) is 62.9 cm³/mol. The van der Waals surface area contributed by atoms with Crippen LogP contribution < -0.4 is 5.73 Å². The largest absolute Gasteiger partial charge is 0.376 e. The van der Waals surface area contributed by atoms with Crippen LogP contribution in [0, 0.1) is 0 Å². The highest BCUT2D eigenvalue weighted by molar-refractivity contribution is 7.07. The molecule has 1 atom stereocenters. The van der Waals surface area contributed by atoms with Gasteiger partial charge in [-0.25, -0.2) is 4.98 Å². The van der Waals surface area contributed by atoms with Gasteiger partial charge in [-0.05, 0) is 14.0 Å². The summed E-state index contributed by atoms with van der Waals surface area (Å²) >= 11 is 1.62. The third-order valence-electron chi connectivity index (χ3n) is 2.10. The minimum absolute atomic E-state index is 0.124. The number of rotatable bonds is 7. The van der Waals surface area contributed by atoms with Crippen LogP contribution in [0.4, 0.5) is 0 Å². The molecule has 0 spiro atoms. The molecular weight excluding hydrogens is 210 g/mol. The standard InChI is InChI=1S/C10H19N3OS/c1-3-14-10(4-11)6-13(2)5-9-7-15-8-12-9/h7-8,10H,3-6,11H2,1-2H3. The van der Waals surface area contributed by atoms with Crippen molar-refractivity contribution in [1.82, 2.24) is 9.88 Å². The molecule has 1 aromatic heterocycles. The fourth-order valence-electron chi connectivity index (χ4n) is 1.44. The Hall–Kier alpha value is -0.490. The summed E-state index contributed by atoms with van der Waals surface area (Å²) in [4.78, 5) is 6.42. The van der Waals surface area contributed by atoms with Gasteiger partial charge in [0, 0.05) is 31.6 Å². The summed E-state index contributed by atoms with van der Waals surface area (Å²) in [5, 5.41) is 2.06. The van der Waals surface area contributed by atoms with E-state index in [0.29, 0.717) is 13.2 Å². The van der Waals surface area contributed by atoms with Crippen molar-refractivity contribution in [1.29, 1.82) is 0 Å². The number of hydrogen-bond acceptors (Lipinski definition) is 5. The lowest BCUT2D eigenvalue weighted by atomic mass is 10.3. The van der Waals surface area contributed by atoms with Crippen LogP contribution in [-0.4, -0.2) is 42.7 Å². The van der Waals surface area contributed by atoms with Gasteiger partial charge in [-0.15, -0.1) is 11.3 Å². The van der Waals surface area contributed by atoms with E-state index in [1.165, 1.54) is 0 Å². The number of aromatic nitrogens is 1. The predicted octanol–water partition coefficient (Wildman–Crippen LogP) is 0.939. The Bertz CT molecular complexity index is 253. The smallest absolute Gasteiger partial charge is 0.0823 e. The number of hydrogen-bond donors (Lipinski definition) is 1. The second-order valence-electron chi connectivity index (χ2n) is 3.49. The van der Waals surface area contributed by atoms with Crippen molar-refractivity contribution >= 4 is 11.3 Å². The van der Waals surface area contributed by atoms with Crippen LogP contribution >= 0.6 is 11.3 Å². The van der Waals surface area contributed by atoms with Gasteiger partial charge in [-0.3, -0.25) is 4.90 Å². The zero-order valence-electron chi connectivity index (χ0n) is 9.35. The van der Waals surface area contributed by atoms with E-state index in [-0.39, 0.29) is 6.10 Å². The average Bonchev–Trinajstić information content (AvgIpc) is 2.69. The Morgan fingerprint density at radius 3 is 3.00 bits per heavy atom. The second-order valence-corrected chi connectivity index (χ2v) is 4.21. The quantitative estimate of drug-likeness (QED) is 0.756. The Morgan fingerprint density at radius 2 is 2.47 bits per heavy atom. The van der Waals surface area contributed by atoms with Gasteiger partial charge in [-0.1, -0.05) is 0 Å². The van der Waals surface area contributed by atoms with Crippen LogP contribution in [0.2, 0.25) is 0 Å². The molecule has 86 valence electrons. The lowest BCUT2D eigenvalue weighted by molar-refractivity contribution is 0.0435. The molecule has 0 radical (unpaired) electrons. The molecular formula is C10H19N3OS. The lowest BCUT2D eigenvalue weighted by Gasteiger charge is -2.22. The van der Waals surface area contributed by atoms with Gasteiger partial charge in [0.05, 0.1) is 17.3 Å². The maximum Gasteiger partial charge on any atom is 0.0823 e. The molecule has 0 aromatic carbocycles. The molecule has 1 rings (SSSR count). The molecule has 0 amide bonds. The summed E-state index contributed by atoms with van der Waals surface area (Å²) in [6.07, 6.45) is 0.124. The Morgan fingerprint density at radius 1 is 1.67 bits per heavy atom. The number of thiazole rings is 1. The van der Waals surface area contributed by atoms with E-state index in [2.05, 4.69) is 22.3 Å². The van der Waals surface area contributed by atoms with E-state index in [0.717, 1.165) is 18.8 Å². The monoisotopic (exact) mass is 229 g/mol. The summed E-state index contributed by atoms with van der Waals surface area (Å²) in [7, 11) is 2.06. The zero-order valence-corrected chi connectivity index (χ0v) is 10.2. The first-order valence-electron chi connectivity index (χ1n) is 5.13. The van der Waals surface area contributed by atoms with Crippen molar-refractivity contribution in [2.75, 3.05) is 26.7 Å². The van der Waals surface area contributed by atoms with Gasteiger partial charge < -0.3 is 10.5 Å². The Labute approximate surface area is 95.1 Å². The van der Waals surface area contributed by atoms with Gasteiger partial charge in [0.25, 0.3) is 0 Å². The van der Waals surface area contributed by atoms with E-state index in [9.17, 15) is 0 Å². The van der Waals surface area contributed by atoms with Crippen molar-refractivity contribution < 1.29 is 4.74 Å². The lowest BCUT2D eigenvalue weighted by Crippen LogP contribution is -2.36. The first-order valence-corrected chi connectivity index (χ1v) is 6.07. The topological polar surface area (TPSA) is 51.4 Å². The third-order valence-corrected chi connectivity index (χ3v) is 2.73. The zero-order chi connectivity index (χ0) is 11.1. The maximum absolute atomic E-state index is 5.62.